The first-order chi connectivity index (χ1) is 18.5. The summed E-state index contributed by atoms with van der Waals surface area (Å²) in [5.74, 6) is 1.55. The summed E-state index contributed by atoms with van der Waals surface area (Å²) in [6, 6.07) is 10.6. The summed E-state index contributed by atoms with van der Waals surface area (Å²) >= 11 is 6.32. The highest BCUT2D eigenvalue weighted by Gasteiger charge is 2.62. The Bertz CT molecular complexity index is 1450. The van der Waals surface area contributed by atoms with E-state index in [1.54, 1.807) is 19.1 Å². The molecule has 6 nitrogen and oxygen atoms in total. The zero-order chi connectivity index (χ0) is 27.3. The molecule has 3 heterocycles. The summed E-state index contributed by atoms with van der Waals surface area (Å²) in [6.07, 6.45) is -3.54. The summed E-state index contributed by atoms with van der Waals surface area (Å²) in [6.45, 7) is 4.11. The van der Waals surface area contributed by atoms with Crippen molar-refractivity contribution in [3.63, 3.8) is 0 Å². The van der Waals surface area contributed by atoms with Crippen molar-refractivity contribution < 1.29 is 22.7 Å². The topological polar surface area (TPSA) is 57.4 Å². The zero-order valence-corrected chi connectivity index (χ0v) is 22.1. The number of rotatable bonds is 3. The van der Waals surface area contributed by atoms with Gasteiger partial charge < -0.3 is 10.0 Å². The summed E-state index contributed by atoms with van der Waals surface area (Å²) in [4.78, 5) is 4.04. The van der Waals surface area contributed by atoms with Crippen LogP contribution in [0.1, 0.15) is 54.4 Å². The van der Waals surface area contributed by atoms with Crippen molar-refractivity contribution in [2.45, 2.75) is 69.4 Å². The van der Waals surface area contributed by atoms with E-state index >= 15 is 0 Å². The first kappa shape index (κ1) is 25.3. The van der Waals surface area contributed by atoms with Gasteiger partial charge in [-0.15, -0.1) is 10.2 Å². The molecule has 0 bridgehead atoms. The summed E-state index contributed by atoms with van der Waals surface area (Å²) in [5, 5.41) is 19.6. The van der Waals surface area contributed by atoms with E-state index in [4.69, 9.17) is 11.6 Å². The Hall–Kier alpha value is -2.69. The van der Waals surface area contributed by atoms with Gasteiger partial charge >= 0.3 is 6.18 Å². The SMILES string of the molecule is Cc1cccc(N2CC3(CC(c4nnc5n4-c4ccc(Cl)cc4CN(C4CC(O)(C(F)(F)F)C4)C5)C3)C2)c1F. The molecule has 2 aromatic carbocycles. The van der Waals surface area contributed by atoms with Crippen molar-refractivity contribution in [1.82, 2.24) is 19.7 Å². The number of aromatic nitrogens is 3. The largest absolute Gasteiger partial charge is 0.417 e. The molecular weight excluding hydrogens is 534 g/mol. The van der Waals surface area contributed by atoms with Gasteiger partial charge in [-0.25, -0.2) is 4.39 Å². The normalized spacial score (nSPS) is 26.3. The molecule has 39 heavy (non-hydrogen) atoms. The van der Waals surface area contributed by atoms with E-state index < -0.39 is 17.8 Å². The number of hydrogen-bond donors (Lipinski definition) is 1. The number of halogens is 5. The second kappa shape index (κ2) is 8.41. The minimum atomic E-state index is -4.65. The van der Waals surface area contributed by atoms with Gasteiger partial charge in [-0.1, -0.05) is 23.7 Å². The van der Waals surface area contributed by atoms with Crippen molar-refractivity contribution in [2.24, 2.45) is 5.41 Å². The molecule has 4 aliphatic rings. The van der Waals surface area contributed by atoms with Crippen molar-refractivity contribution in [3.8, 4) is 5.69 Å². The number of aryl methyl sites for hydroxylation is 1. The van der Waals surface area contributed by atoms with Crippen LogP contribution in [0.15, 0.2) is 36.4 Å². The predicted octanol–water partition coefficient (Wildman–Crippen LogP) is 5.52. The van der Waals surface area contributed by atoms with Crippen molar-refractivity contribution in [3.05, 3.63) is 70.0 Å². The standard InChI is InChI=1S/C28H28ClF4N5O/c1-16-3-2-4-22(24(16)30)37-14-26(15-37)8-18(9-26)25-35-34-23-13-36(20-10-27(39,11-20)28(31,32)33)12-17-7-19(29)5-6-21(17)38(23)25/h2-7,18,20,39H,8-15H2,1H3. The number of alkyl halides is 3. The lowest BCUT2D eigenvalue weighted by atomic mass is 9.57. The molecule has 2 saturated carbocycles. The van der Waals surface area contributed by atoms with Gasteiger partial charge in [0.25, 0.3) is 0 Å². The van der Waals surface area contributed by atoms with Crippen LogP contribution in [0, 0.1) is 18.2 Å². The van der Waals surface area contributed by atoms with Crippen LogP contribution in [-0.2, 0) is 13.1 Å². The molecule has 0 atom stereocenters. The van der Waals surface area contributed by atoms with Gasteiger partial charge in [0.15, 0.2) is 11.4 Å². The van der Waals surface area contributed by atoms with E-state index in [-0.39, 0.29) is 30.0 Å². The van der Waals surface area contributed by atoms with Gasteiger partial charge in [0.05, 0.1) is 17.9 Å². The lowest BCUT2D eigenvalue weighted by Crippen LogP contribution is -2.62. The number of hydrogen-bond acceptors (Lipinski definition) is 5. The number of aliphatic hydroxyl groups is 1. The highest BCUT2D eigenvalue weighted by molar-refractivity contribution is 6.30. The van der Waals surface area contributed by atoms with E-state index in [1.165, 1.54) is 0 Å². The summed E-state index contributed by atoms with van der Waals surface area (Å²) < 4.78 is 56.6. The van der Waals surface area contributed by atoms with Gasteiger partial charge in [-0.05, 0) is 55.2 Å². The minimum absolute atomic E-state index is 0.126. The summed E-state index contributed by atoms with van der Waals surface area (Å²) in [7, 11) is 0. The third-order valence-electron chi connectivity index (χ3n) is 9.23. The van der Waals surface area contributed by atoms with Gasteiger partial charge in [-0.2, -0.15) is 13.2 Å². The van der Waals surface area contributed by atoms with Crippen LogP contribution in [0.4, 0.5) is 23.2 Å². The van der Waals surface area contributed by atoms with E-state index in [9.17, 15) is 22.7 Å². The van der Waals surface area contributed by atoms with Crippen molar-refractivity contribution in [2.75, 3.05) is 18.0 Å². The number of nitrogens with zero attached hydrogens (tertiary/aromatic N) is 5. The molecule has 3 fully saturated rings. The second-order valence-electron chi connectivity index (χ2n) is 11.9. The molecular formula is C28H28ClF4N5O. The number of fused-ring (bicyclic) bond motifs is 3. The lowest BCUT2D eigenvalue weighted by Gasteiger charge is -2.59. The van der Waals surface area contributed by atoms with E-state index in [0.717, 1.165) is 43.0 Å². The molecule has 1 spiro atoms. The van der Waals surface area contributed by atoms with Crippen LogP contribution in [0.5, 0.6) is 0 Å². The predicted molar refractivity (Wildman–Crippen MR) is 137 cm³/mol. The lowest BCUT2D eigenvalue weighted by molar-refractivity contribution is -0.300. The van der Waals surface area contributed by atoms with Crippen molar-refractivity contribution in [1.29, 1.82) is 0 Å². The monoisotopic (exact) mass is 561 g/mol. The van der Waals surface area contributed by atoms with Gasteiger partial charge in [0, 0.05) is 54.9 Å². The van der Waals surface area contributed by atoms with Gasteiger partial charge in [0.1, 0.15) is 11.6 Å². The smallest absolute Gasteiger partial charge is 0.380 e. The van der Waals surface area contributed by atoms with Gasteiger partial charge in [-0.3, -0.25) is 9.47 Å². The van der Waals surface area contributed by atoms with Crippen LogP contribution in [0.3, 0.4) is 0 Å². The fraction of sp³-hybridized carbons (Fsp3) is 0.500. The molecule has 1 aromatic heterocycles. The van der Waals surface area contributed by atoms with E-state index in [0.29, 0.717) is 35.2 Å². The van der Waals surface area contributed by atoms with Crippen LogP contribution >= 0.6 is 11.6 Å². The highest BCUT2D eigenvalue weighted by atomic mass is 35.5. The third-order valence-corrected chi connectivity index (χ3v) is 9.47. The Morgan fingerprint density at radius 3 is 2.46 bits per heavy atom. The minimum Gasteiger partial charge on any atom is -0.380 e. The maximum absolute atomic E-state index is 14.6. The molecule has 1 N–H and O–H groups in total. The molecule has 0 unspecified atom stereocenters. The molecule has 11 heteroatoms. The fourth-order valence-corrected chi connectivity index (χ4v) is 7.21. The highest BCUT2D eigenvalue weighted by Crippen LogP contribution is 2.57. The molecule has 3 aromatic rings. The Kier molecular flexibility index (Phi) is 5.45. The van der Waals surface area contributed by atoms with Crippen LogP contribution in [0.25, 0.3) is 5.69 Å². The molecule has 2 aliphatic carbocycles. The average Bonchev–Trinajstić information content (AvgIpc) is 3.12. The van der Waals surface area contributed by atoms with Crippen LogP contribution in [0.2, 0.25) is 5.02 Å². The molecule has 7 rings (SSSR count). The fourth-order valence-electron chi connectivity index (χ4n) is 7.02. The second-order valence-corrected chi connectivity index (χ2v) is 12.4. The first-order valence-electron chi connectivity index (χ1n) is 13.2. The molecule has 0 radical (unpaired) electrons. The maximum Gasteiger partial charge on any atom is 0.417 e. The average molecular weight is 562 g/mol. The Morgan fingerprint density at radius 2 is 1.74 bits per heavy atom. The van der Waals surface area contributed by atoms with Crippen molar-refractivity contribution >= 4 is 17.3 Å². The van der Waals surface area contributed by atoms with Crippen LogP contribution < -0.4 is 4.90 Å². The third kappa shape index (κ3) is 3.89. The van der Waals surface area contributed by atoms with E-state index in [1.807, 2.05) is 29.2 Å². The summed E-state index contributed by atoms with van der Waals surface area (Å²) in [5.41, 5.74) is 0.562. The molecule has 1 saturated heterocycles. The Morgan fingerprint density at radius 1 is 1.00 bits per heavy atom. The first-order valence-corrected chi connectivity index (χ1v) is 13.6. The maximum atomic E-state index is 14.6. The number of anilines is 1. The quantitative estimate of drug-likeness (QED) is 0.427. The zero-order valence-electron chi connectivity index (χ0n) is 21.3. The molecule has 206 valence electrons. The Balaban J connectivity index is 1.12. The van der Waals surface area contributed by atoms with Gasteiger partial charge in [0.2, 0.25) is 0 Å². The molecule has 0 amide bonds. The van der Waals surface area contributed by atoms with E-state index in [2.05, 4.69) is 19.7 Å². The molecule has 2 aliphatic heterocycles. The number of benzene rings is 2. The Labute approximate surface area is 228 Å². The van der Waals surface area contributed by atoms with Crippen LogP contribution in [-0.4, -0.2) is 55.7 Å².